The number of carbonyl (C=O) groups is 2. The standard InChI is InChI=1S/C11H11N3O3/c1-13-8-2-3-9-7(6-8)4-5-14(9)11(16)17-10(12)15/h2-6,13H,1H3,(H2,12,15). The predicted octanol–water partition coefficient (Wildman–Crippen LogP) is 1.75. The first-order valence-electron chi connectivity index (χ1n) is 4.92. The van der Waals surface area contributed by atoms with Gasteiger partial charge in [0, 0.05) is 24.3 Å². The number of nitrogens with zero attached hydrogens (tertiary/aromatic N) is 1. The Bertz CT molecular complexity index is 589. The third kappa shape index (κ3) is 2.05. The average Bonchev–Trinajstić information content (AvgIpc) is 2.70. The van der Waals surface area contributed by atoms with Gasteiger partial charge in [-0.05, 0) is 24.3 Å². The number of hydrogen-bond acceptors (Lipinski definition) is 4. The van der Waals surface area contributed by atoms with E-state index in [2.05, 4.69) is 10.1 Å². The molecule has 6 nitrogen and oxygen atoms in total. The number of benzene rings is 1. The smallest absolute Gasteiger partial charge is 0.388 e. The molecule has 6 heteroatoms. The molecule has 1 heterocycles. The maximum atomic E-state index is 11.5. The summed E-state index contributed by atoms with van der Waals surface area (Å²) in [5, 5.41) is 3.85. The van der Waals surface area contributed by atoms with Crippen LogP contribution in [0.5, 0.6) is 0 Å². The molecule has 88 valence electrons. The summed E-state index contributed by atoms with van der Waals surface area (Å²) >= 11 is 0. The monoisotopic (exact) mass is 233 g/mol. The topological polar surface area (TPSA) is 86.3 Å². The van der Waals surface area contributed by atoms with Gasteiger partial charge in [-0.2, -0.15) is 0 Å². The lowest BCUT2D eigenvalue weighted by Crippen LogP contribution is -2.21. The minimum absolute atomic E-state index is 0.648. The summed E-state index contributed by atoms with van der Waals surface area (Å²) in [7, 11) is 1.81. The Labute approximate surface area is 97.0 Å². The second-order valence-corrected chi connectivity index (χ2v) is 3.40. The SMILES string of the molecule is CNc1ccc2c(ccn2C(=O)OC(N)=O)c1. The number of nitrogens with two attached hydrogens (primary N) is 1. The normalized spacial score (nSPS) is 10.2. The molecule has 1 amide bonds. The van der Waals surface area contributed by atoms with Crippen LogP contribution in [0.4, 0.5) is 15.3 Å². The lowest BCUT2D eigenvalue weighted by molar-refractivity contribution is 0.159. The number of fused-ring (bicyclic) bond motifs is 1. The lowest BCUT2D eigenvalue weighted by Gasteiger charge is -2.03. The molecule has 1 aromatic heterocycles. The van der Waals surface area contributed by atoms with E-state index in [0.29, 0.717) is 5.52 Å². The van der Waals surface area contributed by atoms with Gasteiger partial charge in [0.1, 0.15) is 0 Å². The molecule has 2 rings (SSSR count). The lowest BCUT2D eigenvalue weighted by atomic mass is 10.2. The van der Waals surface area contributed by atoms with Gasteiger partial charge in [-0.3, -0.25) is 4.57 Å². The molecule has 0 aliphatic heterocycles. The zero-order valence-electron chi connectivity index (χ0n) is 9.14. The van der Waals surface area contributed by atoms with E-state index >= 15 is 0 Å². The fourth-order valence-corrected chi connectivity index (χ4v) is 1.59. The van der Waals surface area contributed by atoms with E-state index in [1.807, 2.05) is 12.1 Å². The number of primary amides is 1. The fourth-order valence-electron chi connectivity index (χ4n) is 1.59. The first kappa shape index (κ1) is 11.0. The van der Waals surface area contributed by atoms with Crippen LogP contribution in [-0.2, 0) is 4.74 Å². The van der Waals surface area contributed by atoms with E-state index in [0.717, 1.165) is 11.1 Å². The largest absolute Gasteiger partial charge is 0.427 e. The number of anilines is 1. The van der Waals surface area contributed by atoms with Gasteiger partial charge >= 0.3 is 12.2 Å². The Balaban J connectivity index is 2.43. The molecule has 0 aliphatic rings. The van der Waals surface area contributed by atoms with Crippen LogP contribution in [0.3, 0.4) is 0 Å². The van der Waals surface area contributed by atoms with E-state index in [4.69, 9.17) is 5.73 Å². The van der Waals surface area contributed by atoms with Gasteiger partial charge in [-0.15, -0.1) is 0 Å². The Morgan fingerprint density at radius 1 is 1.35 bits per heavy atom. The first-order chi connectivity index (χ1) is 8.11. The predicted molar refractivity (Wildman–Crippen MR) is 62.9 cm³/mol. The summed E-state index contributed by atoms with van der Waals surface area (Å²) in [6.07, 6.45) is -0.413. The number of nitrogens with one attached hydrogen (secondary N) is 1. The first-order valence-corrected chi connectivity index (χ1v) is 4.92. The van der Waals surface area contributed by atoms with Crippen molar-refractivity contribution in [3.05, 3.63) is 30.5 Å². The number of carbonyl (C=O) groups excluding carboxylic acids is 2. The van der Waals surface area contributed by atoms with E-state index in [1.165, 1.54) is 10.8 Å². The molecular formula is C11H11N3O3. The highest BCUT2D eigenvalue weighted by Crippen LogP contribution is 2.20. The van der Waals surface area contributed by atoms with Crippen molar-refractivity contribution >= 4 is 28.8 Å². The van der Waals surface area contributed by atoms with Crippen LogP contribution in [0.1, 0.15) is 0 Å². The van der Waals surface area contributed by atoms with Gasteiger partial charge in [-0.1, -0.05) is 0 Å². The van der Waals surface area contributed by atoms with Crippen LogP contribution in [0.25, 0.3) is 10.9 Å². The van der Waals surface area contributed by atoms with E-state index in [9.17, 15) is 9.59 Å². The molecule has 0 bridgehead atoms. The van der Waals surface area contributed by atoms with Crippen molar-refractivity contribution < 1.29 is 14.3 Å². The summed E-state index contributed by atoms with van der Waals surface area (Å²) in [4.78, 5) is 22.0. The van der Waals surface area contributed by atoms with Gasteiger partial charge in [0.25, 0.3) is 0 Å². The second kappa shape index (κ2) is 4.17. The summed E-state index contributed by atoms with van der Waals surface area (Å²) in [5.74, 6) is 0. The molecule has 0 spiro atoms. The highest BCUT2D eigenvalue weighted by Gasteiger charge is 2.12. The highest BCUT2D eigenvalue weighted by molar-refractivity contribution is 5.94. The zero-order valence-corrected chi connectivity index (χ0v) is 9.14. The van der Waals surface area contributed by atoms with Crippen LogP contribution in [0, 0.1) is 0 Å². The fraction of sp³-hybridized carbons (Fsp3) is 0.0909. The minimum Gasteiger partial charge on any atom is -0.388 e. The summed E-state index contributed by atoms with van der Waals surface area (Å²) < 4.78 is 5.53. The van der Waals surface area contributed by atoms with E-state index in [1.54, 1.807) is 19.2 Å². The molecule has 0 saturated heterocycles. The number of aromatic nitrogens is 1. The quantitative estimate of drug-likeness (QED) is 0.734. The van der Waals surface area contributed by atoms with E-state index in [-0.39, 0.29) is 0 Å². The third-order valence-electron chi connectivity index (χ3n) is 2.36. The van der Waals surface area contributed by atoms with E-state index < -0.39 is 12.2 Å². The van der Waals surface area contributed by atoms with Crippen molar-refractivity contribution in [3.8, 4) is 0 Å². The molecule has 0 saturated carbocycles. The summed E-state index contributed by atoms with van der Waals surface area (Å²) in [6.45, 7) is 0. The summed E-state index contributed by atoms with van der Waals surface area (Å²) in [6, 6.07) is 7.20. The highest BCUT2D eigenvalue weighted by atomic mass is 16.6. The maximum absolute atomic E-state index is 11.5. The van der Waals surface area contributed by atoms with Crippen molar-refractivity contribution in [2.45, 2.75) is 0 Å². The third-order valence-corrected chi connectivity index (χ3v) is 2.36. The Morgan fingerprint density at radius 3 is 2.76 bits per heavy atom. The molecule has 3 N–H and O–H groups in total. The Morgan fingerprint density at radius 2 is 2.12 bits per heavy atom. The summed E-state index contributed by atoms with van der Waals surface area (Å²) in [5.41, 5.74) is 6.36. The van der Waals surface area contributed by atoms with Crippen LogP contribution < -0.4 is 11.1 Å². The molecule has 2 aromatic rings. The average molecular weight is 233 g/mol. The molecule has 0 radical (unpaired) electrons. The number of rotatable bonds is 1. The van der Waals surface area contributed by atoms with Gasteiger partial charge in [0.2, 0.25) is 0 Å². The van der Waals surface area contributed by atoms with Crippen LogP contribution >= 0.6 is 0 Å². The second-order valence-electron chi connectivity index (χ2n) is 3.40. The van der Waals surface area contributed by atoms with Crippen molar-refractivity contribution in [2.24, 2.45) is 5.73 Å². The van der Waals surface area contributed by atoms with Crippen molar-refractivity contribution in [1.29, 1.82) is 0 Å². The molecular weight excluding hydrogens is 222 g/mol. The zero-order chi connectivity index (χ0) is 12.4. The van der Waals surface area contributed by atoms with Crippen molar-refractivity contribution in [1.82, 2.24) is 4.57 Å². The maximum Gasteiger partial charge on any atom is 0.427 e. The molecule has 0 unspecified atom stereocenters. The minimum atomic E-state index is -1.12. The van der Waals surface area contributed by atoms with Gasteiger partial charge in [0.15, 0.2) is 0 Å². The van der Waals surface area contributed by atoms with Crippen LogP contribution in [-0.4, -0.2) is 23.8 Å². The van der Waals surface area contributed by atoms with Crippen molar-refractivity contribution in [3.63, 3.8) is 0 Å². The van der Waals surface area contributed by atoms with Gasteiger partial charge < -0.3 is 15.8 Å². The number of hydrogen-bond donors (Lipinski definition) is 2. The Hall–Kier alpha value is -2.50. The van der Waals surface area contributed by atoms with Crippen LogP contribution in [0.15, 0.2) is 30.5 Å². The number of ether oxygens (including phenoxy) is 1. The molecule has 0 atom stereocenters. The van der Waals surface area contributed by atoms with Crippen molar-refractivity contribution in [2.75, 3.05) is 12.4 Å². The molecule has 0 fully saturated rings. The van der Waals surface area contributed by atoms with Gasteiger partial charge in [0.05, 0.1) is 5.52 Å². The Kier molecular flexibility index (Phi) is 2.70. The van der Waals surface area contributed by atoms with Crippen LogP contribution in [0.2, 0.25) is 0 Å². The molecule has 17 heavy (non-hydrogen) atoms. The van der Waals surface area contributed by atoms with Gasteiger partial charge in [-0.25, -0.2) is 9.59 Å². The molecule has 1 aromatic carbocycles. The molecule has 0 aliphatic carbocycles. The number of amides is 1.